The molecule has 160 valence electrons. The smallest absolute Gasteiger partial charge is 0.335 e. The maximum absolute atomic E-state index is 12.5. The molecule has 0 aliphatic rings. The van der Waals surface area contributed by atoms with Crippen LogP contribution in [0.4, 0.5) is 5.69 Å². The molecular weight excluding hydrogens is 472 g/mol. The quantitative estimate of drug-likeness (QED) is 0.332. The molecule has 0 spiro atoms. The molecular formula is C25H19BrN2O4. The van der Waals surface area contributed by atoms with E-state index in [1.807, 2.05) is 37.3 Å². The Morgan fingerprint density at radius 3 is 2.53 bits per heavy atom. The number of anilines is 1. The number of nitrogens with one attached hydrogen (secondary N) is 1. The Morgan fingerprint density at radius 1 is 1.12 bits per heavy atom. The number of halogens is 1. The van der Waals surface area contributed by atoms with Crippen LogP contribution in [0.3, 0.4) is 0 Å². The van der Waals surface area contributed by atoms with Crippen molar-refractivity contribution in [3.05, 3.63) is 99.0 Å². The number of aryl methyl sites for hydroxylation is 1. The van der Waals surface area contributed by atoms with E-state index in [1.54, 1.807) is 24.3 Å². The normalized spacial score (nSPS) is 10.8. The molecule has 0 saturated heterocycles. The number of amides is 1. The van der Waals surface area contributed by atoms with Crippen LogP contribution < -0.4 is 10.1 Å². The average Bonchev–Trinajstić information content (AvgIpc) is 2.78. The second kappa shape index (κ2) is 10.4. The van der Waals surface area contributed by atoms with Crippen LogP contribution in [0.25, 0.3) is 6.08 Å². The van der Waals surface area contributed by atoms with Crippen molar-refractivity contribution in [1.29, 1.82) is 5.26 Å². The third-order valence-corrected chi connectivity index (χ3v) is 5.13. The van der Waals surface area contributed by atoms with Crippen LogP contribution in [0, 0.1) is 18.3 Å². The molecule has 1 amide bonds. The van der Waals surface area contributed by atoms with Gasteiger partial charge in [0.2, 0.25) is 0 Å². The van der Waals surface area contributed by atoms with E-state index >= 15 is 0 Å². The van der Waals surface area contributed by atoms with Crippen LogP contribution in [0.5, 0.6) is 5.75 Å². The van der Waals surface area contributed by atoms with Crippen molar-refractivity contribution < 1.29 is 19.4 Å². The topological polar surface area (TPSA) is 99.4 Å². The maximum atomic E-state index is 12.5. The van der Waals surface area contributed by atoms with Crippen molar-refractivity contribution in [2.45, 2.75) is 13.5 Å². The molecule has 0 unspecified atom stereocenters. The molecule has 0 aromatic heterocycles. The van der Waals surface area contributed by atoms with Gasteiger partial charge in [0.15, 0.2) is 0 Å². The van der Waals surface area contributed by atoms with Gasteiger partial charge in [-0.1, -0.05) is 42.0 Å². The van der Waals surface area contributed by atoms with Crippen LogP contribution in [0.2, 0.25) is 0 Å². The third-order valence-electron chi connectivity index (χ3n) is 4.51. The summed E-state index contributed by atoms with van der Waals surface area (Å²) in [7, 11) is 0. The van der Waals surface area contributed by atoms with Crippen LogP contribution in [0.1, 0.15) is 27.0 Å². The lowest BCUT2D eigenvalue weighted by molar-refractivity contribution is -0.112. The Kier molecular flexibility index (Phi) is 7.42. The van der Waals surface area contributed by atoms with Crippen LogP contribution in [0.15, 0.2) is 76.8 Å². The van der Waals surface area contributed by atoms with Gasteiger partial charge in [-0.2, -0.15) is 5.26 Å². The first-order chi connectivity index (χ1) is 15.4. The highest BCUT2D eigenvalue weighted by atomic mass is 79.9. The minimum absolute atomic E-state index is 0.0374. The first-order valence-electron chi connectivity index (χ1n) is 9.60. The van der Waals surface area contributed by atoms with Crippen molar-refractivity contribution in [2.24, 2.45) is 0 Å². The third kappa shape index (κ3) is 6.06. The van der Waals surface area contributed by atoms with Gasteiger partial charge in [-0.3, -0.25) is 4.79 Å². The molecule has 6 nitrogen and oxygen atoms in total. The fourth-order valence-electron chi connectivity index (χ4n) is 2.81. The van der Waals surface area contributed by atoms with Crippen LogP contribution in [-0.4, -0.2) is 17.0 Å². The number of carboxylic acids is 1. The molecule has 0 heterocycles. The first kappa shape index (κ1) is 22.8. The number of nitriles is 1. The van der Waals surface area contributed by atoms with E-state index in [1.165, 1.54) is 29.8 Å². The van der Waals surface area contributed by atoms with E-state index in [0.29, 0.717) is 22.4 Å². The van der Waals surface area contributed by atoms with Crippen LogP contribution in [-0.2, 0) is 11.4 Å². The van der Waals surface area contributed by atoms with Gasteiger partial charge in [-0.15, -0.1) is 0 Å². The fraction of sp³-hybridized carbons (Fsp3) is 0.0800. The number of carboxylic acid groups (broad SMARTS) is 1. The second-order valence-corrected chi connectivity index (χ2v) is 7.83. The summed E-state index contributed by atoms with van der Waals surface area (Å²) in [4.78, 5) is 23.6. The molecule has 3 aromatic carbocycles. The highest BCUT2D eigenvalue weighted by Gasteiger charge is 2.12. The summed E-state index contributed by atoms with van der Waals surface area (Å²) in [6, 6.07) is 21.0. The van der Waals surface area contributed by atoms with E-state index in [9.17, 15) is 14.9 Å². The van der Waals surface area contributed by atoms with Gasteiger partial charge in [0, 0.05) is 5.69 Å². The number of ether oxygens (including phenoxy) is 1. The monoisotopic (exact) mass is 490 g/mol. The van der Waals surface area contributed by atoms with Crippen molar-refractivity contribution in [1.82, 2.24) is 0 Å². The fourth-order valence-corrected chi connectivity index (χ4v) is 3.32. The summed E-state index contributed by atoms with van der Waals surface area (Å²) in [6.07, 6.45) is 1.45. The lowest BCUT2D eigenvalue weighted by Gasteiger charge is -2.10. The summed E-state index contributed by atoms with van der Waals surface area (Å²) in [5, 5.41) is 21.0. The summed E-state index contributed by atoms with van der Waals surface area (Å²) < 4.78 is 6.53. The molecule has 0 saturated carbocycles. The minimum atomic E-state index is -1.10. The van der Waals surface area contributed by atoms with Gasteiger partial charge in [0.1, 0.15) is 24.0 Å². The summed E-state index contributed by atoms with van der Waals surface area (Å²) >= 11 is 3.46. The highest BCUT2D eigenvalue weighted by Crippen LogP contribution is 2.28. The maximum Gasteiger partial charge on any atom is 0.335 e. The van der Waals surface area contributed by atoms with Crippen molar-refractivity contribution in [3.63, 3.8) is 0 Å². The highest BCUT2D eigenvalue weighted by molar-refractivity contribution is 9.10. The molecule has 3 rings (SSSR count). The zero-order chi connectivity index (χ0) is 23.1. The lowest BCUT2D eigenvalue weighted by Crippen LogP contribution is -2.13. The number of benzene rings is 3. The van der Waals surface area contributed by atoms with Gasteiger partial charge in [-0.25, -0.2) is 4.79 Å². The standard InChI is InChI=1S/C25H19BrN2O4/c1-16-5-7-17(8-6-16)15-32-23-10-9-18(12-22(23)26)11-20(14-27)24(29)28-21-4-2-3-19(13-21)25(30)31/h2-13H,15H2,1H3,(H,28,29)(H,30,31)/b20-11-. The SMILES string of the molecule is Cc1ccc(COc2ccc(/C=C(/C#N)C(=O)Nc3cccc(C(=O)O)c3)cc2Br)cc1. The molecule has 0 radical (unpaired) electrons. The molecule has 0 aliphatic heterocycles. The summed E-state index contributed by atoms with van der Waals surface area (Å²) in [6.45, 7) is 2.44. The van der Waals surface area contributed by atoms with E-state index in [0.717, 1.165) is 5.56 Å². The molecule has 0 atom stereocenters. The Labute approximate surface area is 193 Å². The summed E-state index contributed by atoms with van der Waals surface area (Å²) in [5.41, 5.74) is 3.06. The Hall–Kier alpha value is -3.89. The number of nitrogens with zero attached hydrogens (tertiary/aromatic N) is 1. The molecule has 0 bridgehead atoms. The van der Waals surface area contributed by atoms with Crippen molar-refractivity contribution in [2.75, 3.05) is 5.32 Å². The molecule has 7 heteroatoms. The Morgan fingerprint density at radius 2 is 1.88 bits per heavy atom. The molecule has 2 N–H and O–H groups in total. The molecule has 32 heavy (non-hydrogen) atoms. The lowest BCUT2D eigenvalue weighted by atomic mass is 10.1. The number of hydrogen-bond donors (Lipinski definition) is 2. The molecule has 0 aliphatic carbocycles. The van der Waals surface area contributed by atoms with E-state index in [-0.39, 0.29) is 16.8 Å². The Bertz CT molecular complexity index is 1230. The van der Waals surface area contributed by atoms with Crippen molar-refractivity contribution >= 4 is 39.6 Å². The predicted molar refractivity (Wildman–Crippen MR) is 125 cm³/mol. The zero-order valence-electron chi connectivity index (χ0n) is 17.1. The van der Waals surface area contributed by atoms with Crippen LogP contribution >= 0.6 is 15.9 Å². The molecule has 3 aromatic rings. The van der Waals surface area contributed by atoms with Crippen molar-refractivity contribution in [3.8, 4) is 11.8 Å². The van der Waals surface area contributed by atoms with Gasteiger partial charge >= 0.3 is 5.97 Å². The largest absolute Gasteiger partial charge is 0.488 e. The predicted octanol–water partition coefficient (Wildman–Crippen LogP) is 5.58. The molecule has 0 fully saturated rings. The number of hydrogen-bond acceptors (Lipinski definition) is 4. The summed E-state index contributed by atoms with van der Waals surface area (Å²) in [5.74, 6) is -1.10. The van der Waals surface area contributed by atoms with E-state index < -0.39 is 11.9 Å². The number of aromatic carboxylic acids is 1. The van der Waals surface area contributed by atoms with Gasteiger partial charge in [-0.05, 0) is 70.4 Å². The first-order valence-corrected chi connectivity index (χ1v) is 10.4. The van der Waals surface area contributed by atoms with Gasteiger partial charge < -0.3 is 15.2 Å². The van der Waals surface area contributed by atoms with E-state index in [4.69, 9.17) is 9.84 Å². The second-order valence-electron chi connectivity index (χ2n) is 6.97. The van der Waals surface area contributed by atoms with Gasteiger partial charge in [0.05, 0.1) is 10.0 Å². The minimum Gasteiger partial charge on any atom is -0.488 e. The zero-order valence-corrected chi connectivity index (χ0v) is 18.7. The van der Waals surface area contributed by atoms with Gasteiger partial charge in [0.25, 0.3) is 5.91 Å². The number of carbonyl (C=O) groups excluding carboxylic acids is 1. The number of rotatable bonds is 7. The average molecular weight is 491 g/mol. The van der Waals surface area contributed by atoms with E-state index in [2.05, 4.69) is 21.2 Å². The Balaban J connectivity index is 1.71. The number of carbonyl (C=O) groups is 2.